The fourth-order valence-electron chi connectivity index (χ4n) is 3.32. The Morgan fingerprint density at radius 2 is 1.75 bits per heavy atom. The molecule has 1 saturated heterocycles. The first kappa shape index (κ1) is 21.5. The van der Waals surface area contributed by atoms with Gasteiger partial charge >= 0.3 is 0 Å². The zero-order valence-corrected chi connectivity index (χ0v) is 18.2. The van der Waals surface area contributed by atoms with Crippen molar-refractivity contribution >= 4 is 29.7 Å². The minimum atomic E-state index is -0.420. The minimum absolute atomic E-state index is 0.156. The van der Waals surface area contributed by atoms with Gasteiger partial charge in [-0.1, -0.05) is 66.4 Å². The highest BCUT2D eigenvalue weighted by molar-refractivity contribution is 8.04. The molecule has 4 rings (SSSR count). The van der Waals surface area contributed by atoms with Crippen LogP contribution in [0.4, 0.5) is 0 Å². The van der Waals surface area contributed by atoms with Crippen LogP contribution < -0.4 is 10.2 Å². The van der Waals surface area contributed by atoms with Crippen LogP contribution in [0.5, 0.6) is 11.5 Å². The van der Waals surface area contributed by atoms with Crippen molar-refractivity contribution in [1.29, 1.82) is 0 Å². The number of methoxy groups -OCH3 is 1. The molecule has 1 fully saturated rings. The predicted octanol–water partition coefficient (Wildman–Crippen LogP) is 4.29. The number of nitrogens with one attached hydrogen (secondary N) is 1. The Kier molecular flexibility index (Phi) is 6.47. The van der Waals surface area contributed by atoms with Crippen molar-refractivity contribution < 1.29 is 19.4 Å². The first-order chi connectivity index (χ1) is 15.5. The van der Waals surface area contributed by atoms with Crippen LogP contribution in [-0.4, -0.2) is 29.0 Å². The zero-order chi connectivity index (χ0) is 22.5. The number of rotatable bonds is 6. The number of benzene rings is 3. The Labute approximate surface area is 190 Å². The quantitative estimate of drug-likeness (QED) is 0.553. The maximum atomic E-state index is 13.2. The summed E-state index contributed by atoms with van der Waals surface area (Å²) in [6.07, 6.45) is 1.92. The molecule has 1 aliphatic heterocycles. The number of phenolic OH excluding ortho intramolecular Hbond substituents is 1. The van der Waals surface area contributed by atoms with Crippen LogP contribution in [0.3, 0.4) is 0 Å². The highest BCUT2D eigenvalue weighted by atomic mass is 32.2. The van der Waals surface area contributed by atoms with E-state index in [1.165, 1.54) is 16.8 Å². The van der Waals surface area contributed by atoms with Crippen LogP contribution in [0.25, 0.3) is 6.08 Å². The summed E-state index contributed by atoms with van der Waals surface area (Å²) >= 11 is 1.36. The predicted molar refractivity (Wildman–Crippen MR) is 125 cm³/mol. The average molecular weight is 447 g/mol. The minimum Gasteiger partial charge on any atom is -0.508 e. The number of thioether (sulfide) groups is 1. The molecule has 1 aliphatic rings. The number of amides is 2. The van der Waals surface area contributed by atoms with E-state index in [1.54, 1.807) is 37.5 Å². The second-order valence-electron chi connectivity index (χ2n) is 7.22. The van der Waals surface area contributed by atoms with Crippen molar-refractivity contribution in [2.45, 2.75) is 11.8 Å². The number of hydrogen-bond acceptors (Lipinski definition) is 5. The molecule has 7 heteroatoms. The van der Waals surface area contributed by atoms with E-state index in [0.717, 1.165) is 16.7 Å². The summed E-state index contributed by atoms with van der Waals surface area (Å²) in [6.45, 7) is 0. The molecule has 2 N–H and O–H groups in total. The molecule has 162 valence electrons. The van der Waals surface area contributed by atoms with E-state index < -0.39 is 5.37 Å². The van der Waals surface area contributed by atoms with Crippen LogP contribution in [0.15, 0.2) is 83.8 Å². The number of carbonyl (C=O) groups is 2. The van der Waals surface area contributed by atoms with Crippen LogP contribution in [-0.2, 0) is 16.0 Å². The van der Waals surface area contributed by atoms with E-state index in [9.17, 15) is 14.7 Å². The molecular formula is C25H22N2O4S. The fraction of sp³-hybridized carbons (Fsp3) is 0.120. The highest BCUT2D eigenvalue weighted by Gasteiger charge is 2.38. The Bertz CT molecular complexity index is 1130. The average Bonchev–Trinajstić information content (AvgIpc) is 3.11. The second-order valence-corrected chi connectivity index (χ2v) is 8.34. The van der Waals surface area contributed by atoms with E-state index >= 15 is 0 Å². The third-order valence-electron chi connectivity index (χ3n) is 4.95. The molecule has 0 spiro atoms. The molecule has 0 bridgehead atoms. The van der Waals surface area contributed by atoms with Crippen LogP contribution in [0, 0.1) is 0 Å². The summed E-state index contributed by atoms with van der Waals surface area (Å²) in [5, 5.41) is 10.5. The second kappa shape index (κ2) is 9.62. The smallest absolute Gasteiger partial charge is 0.280 e. The molecule has 6 nitrogen and oxygen atoms in total. The van der Waals surface area contributed by atoms with Gasteiger partial charge in [0.1, 0.15) is 16.9 Å². The van der Waals surface area contributed by atoms with Crippen LogP contribution >= 0.6 is 11.8 Å². The Morgan fingerprint density at radius 3 is 2.41 bits per heavy atom. The molecule has 0 unspecified atom stereocenters. The number of nitrogens with zero attached hydrogens (tertiary/aromatic N) is 1. The molecule has 3 aromatic rings. The summed E-state index contributed by atoms with van der Waals surface area (Å²) in [5.41, 5.74) is 5.30. The Balaban J connectivity index is 1.60. The van der Waals surface area contributed by atoms with Crippen molar-refractivity contribution in [2.24, 2.45) is 0 Å². The summed E-state index contributed by atoms with van der Waals surface area (Å²) in [7, 11) is 1.59. The van der Waals surface area contributed by atoms with Gasteiger partial charge in [-0.2, -0.15) is 0 Å². The number of aromatic hydroxyl groups is 1. The molecule has 1 atom stereocenters. The van der Waals surface area contributed by atoms with Gasteiger partial charge in [0.15, 0.2) is 0 Å². The summed E-state index contributed by atoms with van der Waals surface area (Å²) in [4.78, 5) is 26.4. The Hall–Kier alpha value is -3.71. The largest absolute Gasteiger partial charge is 0.508 e. The van der Waals surface area contributed by atoms with Gasteiger partial charge in [-0.3, -0.25) is 15.0 Å². The first-order valence-electron chi connectivity index (χ1n) is 10.0. The summed E-state index contributed by atoms with van der Waals surface area (Å²) < 4.78 is 5.23. The zero-order valence-electron chi connectivity index (χ0n) is 17.4. The van der Waals surface area contributed by atoms with Gasteiger partial charge in [-0.15, -0.1) is 0 Å². The third-order valence-corrected chi connectivity index (χ3v) is 6.20. The van der Waals surface area contributed by atoms with Crippen molar-refractivity contribution in [1.82, 2.24) is 10.4 Å². The van der Waals surface area contributed by atoms with Crippen LogP contribution in [0.1, 0.15) is 22.1 Å². The highest BCUT2D eigenvalue weighted by Crippen LogP contribution is 2.45. The number of hydrogen-bond donors (Lipinski definition) is 2. The van der Waals surface area contributed by atoms with Gasteiger partial charge in [0.25, 0.3) is 5.91 Å². The van der Waals surface area contributed by atoms with Gasteiger partial charge in [0, 0.05) is 0 Å². The monoisotopic (exact) mass is 446 g/mol. The molecule has 32 heavy (non-hydrogen) atoms. The molecule has 0 aromatic heterocycles. The van der Waals surface area contributed by atoms with Gasteiger partial charge in [0.05, 0.1) is 18.4 Å². The van der Waals surface area contributed by atoms with Crippen LogP contribution in [0.2, 0.25) is 0 Å². The molecule has 2 amide bonds. The molecule has 0 radical (unpaired) electrons. The fourth-order valence-corrected chi connectivity index (χ4v) is 4.51. The number of ether oxygens (including phenoxy) is 1. The van der Waals surface area contributed by atoms with Gasteiger partial charge in [-0.25, -0.2) is 5.01 Å². The Morgan fingerprint density at radius 1 is 1.06 bits per heavy atom. The number of hydrazine groups is 1. The molecule has 0 saturated carbocycles. The van der Waals surface area contributed by atoms with E-state index in [-0.39, 0.29) is 24.0 Å². The van der Waals surface area contributed by atoms with Gasteiger partial charge < -0.3 is 9.84 Å². The summed E-state index contributed by atoms with van der Waals surface area (Å²) in [5.74, 6) is 0.311. The normalized spacial score (nSPS) is 16.9. The standard InChI is InChI=1S/C25H22N2O4S/c1-31-21-13-9-19(10-14-21)25-27(26-23(29)16-17-5-3-2-4-6-17)24(30)22(32-25)15-18-7-11-20(28)12-8-18/h2-15,25,28H,16H2,1H3,(H,26,29)/b22-15-/t25-/m1/s1. The number of phenols is 1. The first-order valence-corrected chi connectivity index (χ1v) is 10.9. The lowest BCUT2D eigenvalue weighted by Crippen LogP contribution is -2.44. The molecule has 0 aliphatic carbocycles. The van der Waals surface area contributed by atoms with Crippen molar-refractivity contribution in [3.63, 3.8) is 0 Å². The SMILES string of the molecule is COc1ccc([C@H]2S/C(=C\c3ccc(O)cc3)C(=O)N2NC(=O)Cc2ccccc2)cc1. The maximum Gasteiger partial charge on any atom is 0.280 e. The molecule has 1 heterocycles. The lowest BCUT2D eigenvalue weighted by atomic mass is 10.1. The van der Waals surface area contributed by atoms with E-state index in [1.807, 2.05) is 54.6 Å². The van der Waals surface area contributed by atoms with Crippen molar-refractivity contribution in [3.8, 4) is 11.5 Å². The molecule has 3 aromatic carbocycles. The topological polar surface area (TPSA) is 78.9 Å². The van der Waals surface area contributed by atoms with Crippen molar-refractivity contribution in [2.75, 3.05) is 7.11 Å². The van der Waals surface area contributed by atoms with Crippen molar-refractivity contribution in [3.05, 3.63) is 100 Å². The lowest BCUT2D eigenvalue weighted by molar-refractivity contribution is -0.137. The van der Waals surface area contributed by atoms with E-state index in [0.29, 0.717) is 10.7 Å². The molecular weight excluding hydrogens is 424 g/mol. The van der Waals surface area contributed by atoms with E-state index in [4.69, 9.17) is 4.74 Å². The summed E-state index contributed by atoms with van der Waals surface area (Å²) in [6, 6.07) is 23.4. The maximum absolute atomic E-state index is 13.2. The number of carbonyl (C=O) groups excluding carboxylic acids is 2. The van der Waals surface area contributed by atoms with E-state index in [2.05, 4.69) is 5.43 Å². The lowest BCUT2D eigenvalue weighted by Gasteiger charge is -2.24. The third kappa shape index (κ3) is 4.95. The van der Waals surface area contributed by atoms with Gasteiger partial charge in [0.2, 0.25) is 5.91 Å². The van der Waals surface area contributed by atoms with Gasteiger partial charge in [-0.05, 0) is 47.0 Å².